The van der Waals surface area contributed by atoms with Crippen LogP contribution in [0.15, 0.2) is 54.6 Å². The lowest BCUT2D eigenvalue weighted by molar-refractivity contribution is -0.137. The van der Waals surface area contributed by atoms with Gasteiger partial charge in [-0.3, -0.25) is 4.98 Å². The number of pyridine rings is 1. The highest BCUT2D eigenvalue weighted by atomic mass is 19.4. The lowest BCUT2D eigenvalue weighted by atomic mass is 10.00. The molecule has 4 heteroatoms. The number of benzene rings is 2. The molecule has 0 bridgehead atoms. The van der Waals surface area contributed by atoms with Crippen molar-refractivity contribution in [1.82, 2.24) is 4.98 Å². The van der Waals surface area contributed by atoms with Crippen molar-refractivity contribution in [2.24, 2.45) is 0 Å². The predicted molar refractivity (Wildman–Crippen MR) is 76.6 cm³/mol. The second-order valence-corrected chi connectivity index (χ2v) is 4.76. The van der Waals surface area contributed by atoms with E-state index < -0.39 is 11.7 Å². The van der Waals surface area contributed by atoms with Crippen molar-refractivity contribution in [3.8, 4) is 11.1 Å². The number of alkyl halides is 3. The summed E-state index contributed by atoms with van der Waals surface area (Å²) in [5.74, 6) is 0. The maximum Gasteiger partial charge on any atom is 0.416 e. The molecule has 105 valence electrons. The van der Waals surface area contributed by atoms with Crippen LogP contribution in [0.4, 0.5) is 13.2 Å². The van der Waals surface area contributed by atoms with E-state index in [0.717, 1.165) is 17.5 Å². The molecule has 0 saturated heterocycles. The summed E-state index contributed by atoms with van der Waals surface area (Å²) in [6, 6.07) is 14.4. The molecule has 3 rings (SSSR count). The fourth-order valence-corrected chi connectivity index (χ4v) is 2.28. The maximum atomic E-state index is 12.8. The predicted octanol–water partition coefficient (Wildman–Crippen LogP) is 5.10. The molecule has 0 saturated carbocycles. The average Bonchev–Trinajstić information content (AvgIpc) is 2.46. The van der Waals surface area contributed by atoms with E-state index in [1.807, 2.05) is 18.2 Å². The Hall–Kier alpha value is -2.36. The van der Waals surface area contributed by atoms with E-state index >= 15 is 0 Å². The van der Waals surface area contributed by atoms with Crippen LogP contribution in [0.25, 0.3) is 22.0 Å². The summed E-state index contributed by atoms with van der Waals surface area (Å²) < 4.78 is 38.5. The van der Waals surface area contributed by atoms with Crippen LogP contribution in [0, 0.1) is 6.92 Å². The number of aromatic nitrogens is 1. The molecule has 2 aromatic carbocycles. The molecule has 1 radical (unpaired) electrons. The van der Waals surface area contributed by atoms with Crippen molar-refractivity contribution in [2.75, 3.05) is 0 Å². The number of rotatable bonds is 1. The molecule has 0 amide bonds. The third-order valence-electron chi connectivity index (χ3n) is 3.28. The van der Waals surface area contributed by atoms with Gasteiger partial charge in [-0.2, -0.15) is 13.2 Å². The van der Waals surface area contributed by atoms with Gasteiger partial charge < -0.3 is 0 Å². The van der Waals surface area contributed by atoms with Crippen LogP contribution in [-0.4, -0.2) is 4.98 Å². The molecule has 0 aliphatic rings. The maximum absolute atomic E-state index is 12.8. The first kappa shape index (κ1) is 13.6. The Labute approximate surface area is 120 Å². The van der Waals surface area contributed by atoms with Crippen molar-refractivity contribution < 1.29 is 13.2 Å². The molecule has 0 aliphatic heterocycles. The molecular weight excluding hydrogens is 275 g/mol. The van der Waals surface area contributed by atoms with Gasteiger partial charge in [-0.05, 0) is 30.7 Å². The molecule has 0 unspecified atom stereocenters. The summed E-state index contributed by atoms with van der Waals surface area (Å²) in [5, 5.41) is 0.873. The van der Waals surface area contributed by atoms with Gasteiger partial charge in [-0.25, -0.2) is 0 Å². The lowest BCUT2D eigenvalue weighted by Gasteiger charge is -2.10. The van der Waals surface area contributed by atoms with Gasteiger partial charge in [0.1, 0.15) is 0 Å². The fraction of sp³-hybridized carbons (Fsp3) is 0.0588. The highest BCUT2D eigenvalue weighted by Gasteiger charge is 2.30. The zero-order chi connectivity index (χ0) is 15.0. The Morgan fingerprint density at radius 1 is 0.905 bits per heavy atom. The second-order valence-electron chi connectivity index (χ2n) is 4.76. The van der Waals surface area contributed by atoms with Gasteiger partial charge in [0.2, 0.25) is 0 Å². The van der Waals surface area contributed by atoms with E-state index in [1.54, 1.807) is 18.2 Å². The van der Waals surface area contributed by atoms with Crippen LogP contribution in [0.1, 0.15) is 11.3 Å². The Kier molecular flexibility index (Phi) is 3.16. The Morgan fingerprint density at radius 2 is 1.67 bits per heavy atom. The van der Waals surface area contributed by atoms with Crippen LogP contribution < -0.4 is 0 Å². The Morgan fingerprint density at radius 3 is 2.43 bits per heavy atom. The van der Waals surface area contributed by atoms with E-state index in [1.165, 1.54) is 6.07 Å². The summed E-state index contributed by atoms with van der Waals surface area (Å²) in [4.78, 5) is 4.35. The highest BCUT2D eigenvalue weighted by Crippen LogP contribution is 2.34. The summed E-state index contributed by atoms with van der Waals surface area (Å²) in [6.45, 7) is 3.77. The topological polar surface area (TPSA) is 12.9 Å². The fourth-order valence-electron chi connectivity index (χ4n) is 2.28. The molecule has 1 heterocycles. The molecule has 0 fully saturated rings. The molecule has 21 heavy (non-hydrogen) atoms. The molecule has 0 N–H and O–H groups in total. The summed E-state index contributed by atoms with van der Waals surface area (Å²) >= 11 is 0. The largest absolute Gasteiger partial charge is 0.416 e. The van der Waals surface area contributed by atoms with Crippen LogP contribution in [0.3, 0.4) is 0 Å². The molecule has 1 aromatic heterocycles. The number of hydrogen-bond acceptors (Lipinski definition) is 1. The molecule has 3 aromatic rings. The van der Waals surface area contributed by atoms with Crippen molar-refractivity contribution >= 4 is 10.9 Å². The van der Waals surface area contributed by atoms with Gasteiger partial charge >= 0.3 is 6.18 Å². The smallest absolute Gasteiger partial charge is 0.252 e. The third-order valence-corrected chi connectivity index (χ3v) is 3.28. The highest BCUT2D eigenvalue weighted by molar-refractivity contribution is 5.93. The Balaban J connectivity index is 2.23. The first-order valence-electron chi connectivity index (χ1n) is 6.34. The molecule has 0 atom stereocenters. The zero-order valence-corrected chi connectivity index (χ0v) is 11.0. The van der Waals surface area contributed by atoms with Gasteiger partial charge in [0.05, 0.1) is 11.1 Å². The monoisotopic (exact) mass is 286 g/mol. The number of hydrogen-bond donors (Lipinski definition) is 0. The quantitative estimate of drug-likeness (QED) is 0.606. The van der Waals surface area contributed by atoms with Gasteiger partial charge in [-0.15, -0.1) is 0 Å². The number of halogens is 3. The Bertz CT molecular complexity index is 806. The van der Waals surface area contributed by atoms with Crippen molar-refractivity contribution in [3.05, 3.63) is 72.8 Å². The van der Waals surface area contributed by atoms with Gasteiger partial charge in [0.15, 0.2) is 0 Å². The zero-order valence-electron chi connectivity index (χ0n) is 11.0. The van der Waals surface area contributed by atoms with Crippen molar-refractivity contribution in [2.45, 2.75) is 6.18 Å². The summed E-state index contributed by atoms with van der Waals surface area (Å²) in [6.07, 6.45) is -4.36. The van der Waals surface area contributed by atoms with Crippen LogP contribution in [0.5, 0.6) is 0 Å². The lowest BCUT2D eigenvalue weighted by Crippen LogP contribution is -2.04. The first-order valence-corrected chi connectivity index (χ1v) is 6.34. The number of nitrogens with zero attached hydrogens (tertiary/aromatic N) is 1. The second kappa shape index (κ2) is 4.88. The van der Waals surface area contributed by atoms with E-state index in [4.69, 9.17) is 0 Å². The van der Waals surface area contributed by atoms with Crippen LogP contribution in [-0.2, 0) is 6.18 Å². The van der Waals surface area contributed by atoms with E-state index in [2.05, 4.69) is 11.9 Å². The van der Waals surface area contributed by atoms with E-state index in [-0.39, 0.29) is 0 Å². The standard InChI is InChI=1S/C17H11F3N/c1-11-8-9-12-4-3-7-15(16(12)21-11)13-5-2-6-14(10-13)17(18,19)20/h2-10H,1H2. The third kappa shape index (κ3) is 2.61. The summed E-state index contributed by atoms with van der Waals surface area (Å²) in [5.41, 5.74) is 1.74. The summed E-state index contributed by atoms with van der Waals surface area (Å²) in [7, 11) is 0. The average molecular weight is 286 g/mol. The van der Waals surface area contributed by atoms with E-state index in [0.29, 0.717) is 22.3 Å². The van der Waals surface area contributed by atoms with E-state index in [9.17, 15) is 13.2 Å². The number of fused-ring (bicyclic) bond motifs is 1. The van der Waals surface area contributed by atoms with Crippen molar-refractivity contribution in [1.29, 1.82) is 0 Å². The molecule has 1 nitrogen and oxygen atoms in total. The first-order chi connectivity index (χ1) is 9.95. The van der Waals surface area contributed by atoms with Gasteiger partial charge in [0.25, 0.3) is 0 Å². The SMILES string of the molecule is [CH2]c1ccc2cccc(-c3cccc(C(F)(F)F)c3)c2n1. The minimum Gasteiger partial charge on any atom is -0.252 e. The van der Waals surface area contributed by atoms with Crippen LogP contribution >= 0.6 is 0 Å². The minimum absolute atomic E-state index is 0.494. The molecular formula is C17H11F3N. The number of para-hydroxylation sites is 1. The van der Waals surface area contributed by atoms with Crippen molar-refractivity contribution in [3.63, 3.8) is 0 Å². The van der Waals surface area contributed by atoms with Gasteiger partial charge in [0, 0.05) is 16.6 Å². The molecule has 0 spiro atoms. The molecule has 0 aliphatic carbocycles. The minimum atomic E-state index is -4.36. The van der Waals surface area contributed by atoms with Crippen LogP contribution in [0.2, 0.25) is 0 Å². The van der Waals surface area contributed by atoms with Gasteiger partial charge in [-0.1, -0.05) is 36.4 Å². The normalized spacial score (nSPS) is 11.8.